The van der Waals surface area contributed by atoms with E-state index in [1.54, 1.807) is 0 Å². The van der Waals surface area contributed by atoms with Crippen LogP contribution in [0.3, 0.4) is 0 Å². The number of aliphatic carboxylic acids is 3. The molecule has 9 N–H and O–H groups in total. The Morgan fingerprint density at radius 2 is 1.32 bits per heavy atom. The van der Waals surface area contributed by atoms with Crippen LogP contribution in [0.5, 0.6) is 0 Å². The van der Waals surface area contributed by atoms with Gasteiger partial charge in [-0.05, 0) is 19.3 Å². The van der Waals surface area contributed by atoms with Gasteiger partial charge in [-0.3, -0.25) is 24.0 Å². The van der Waals surface area contributed by atoms with Crippen LogP contribution in [0.1, 0.15) is 38.5 Å². The van der Waals surface area contributed by atoms with Gasteiger partial charge in [0.05, 0.1) is 0 Å². The molecule has 3 amide bonds. The van der Waals surface area contributed by atoms with E-state index in [1.807, 2.05) is 0 Å². The topological polar surface area (TPSA) is 239 Å². The third kappa shape index (κ3) is 10.7. The van der Waals surface area contributed by atoms with Gasteiger partial charge in [0.2, 0.25) is 17.7 Å². The summed E-state index contributed by atoms with van der Waals surface area (Å²) in [5.41, 5.74) is 10.2. The van der Waals surface area contributed by atoms with E-state index in [2.05, 4.69) is 10.6 Å². The van der Waals surface area contributed by atoms with Crippen LogP contribution >= 0.6 is 0 Å². The van der Waals surface area contributed by atoms with Crippen molar-refractivity contribution in [2.45, 2.75) is 56.7 Å². The van der Waals surface area contributed by atoms with Gasteiger partial charge in [-0.2, -0.15) is 0 Å². The van der Waals surface area contributed by atoms with Crippen molar-refractivity contribution < 1.29 is 44.1 Å². The van der Waals surface area contributed by atoms with Gasteiger partial charge < -0.3 is 37.4 Å². The zero-order valence-corrected chi connectivity index (χ0v) is 14.9. The molecule has 0 unspecified atom stereocenters. The Bertz CT molecular complexity index is 623. The second kappa shape index (κ2) is 12.2. The van der Waals surface area contributed by atoms with E-state index in [1.165, 1.54) is 0 Å². The summed E-state index contributed by atoms with van der Waals surface area (Å²) in [6.45, 7) is 0. The normalized spacial score (nSPS) is 13.6. The number of carboxylic acids is 3. The van der Waals surface area contributed by atoms with Crippen molar-refractivity contribution in [3.63, 3.8) is 0 Å². The van der Waals surface area contributed by atoms with Gasteiger partial charge in [0.25, 0.3) is 0 Å². The Morgan fingerprint density at radius 3 is 1.79 bits per heavy atom. The highest BCUT2D eigenvalue weighted by molar-refractivity contribution is 5.91. The van der Waals surface area contributed by atoms with Crippen molar-refractivity contribution in [1.29, 1.82) is 0 Å². The van der Waals surface area contributed by atoms with E-state index in [9.17, 15) is 28.8 Å². The van der Waals surface area contributed by atoms with Crippen LogP contribution in [0, 0.1) is 0 Å². The molecule has 0 spiro atoms. The van der Waals surface area contributed by atoms with Crippen molar-refractivity contribution in [2.75, 3.05) is 0 Å². The molecule has 3 atom stereocenters. The molecule has 0 aliphatic rings. The molecule has 0 fully saturated rings. The zero-order valence-electron chi connectivity index (χ0n) is 14.9. The third-order valence-electron chi connectivity index (χ3n) is 3.59. The van der Waals surface area contributed by atoms with Crippen LogP contribution in [0.4, 0.5) is 0 Å². The number of carboxylic acid groups (broad SMARTS) is 3. The predicted molar refractivity (Wildman–Crippen MR) is 91.6 cm³/mol. The van der Waals surface area contributed by atoms with Crippen LogP contribution in [0.15, 0.2) is 0 Å². The molecule has 158 valence electrons. The van der Waals surface area contributed by atoms with Gasteiger partial charge in [-0.1, -0.05) is 0 Å². The van der Waals surface area contributed by atoms with Crippen LogP contribution in [-0.4, -0.2) is 69.1 Å². The average Bonchev–Trinajstić information content (AvgIpc) is 2.58. The maximum Gasteiger partial charge on any atom is 0.326 e. The van der Waals surface area contributed by atoms with Crippen molar-refractivity contribution in [2.24, 2.45) is 11.5 Å². The molecule has 0 saturated carbocycles. The first kappa shape index (κ1) is 24.8. The van der Waals surface area contributed by atoms with E-state index in [-0.39, 0.29) is 32.1 Å². The van der Waals surface area contributed by atoms with E-state index in [0.29, 0.717) is 0 Å². The number of nitrogens with one attached hydrogen (secondary N) is 2. The Labute approximate surface area is 159 Å². The SMILES string of the molecule is NC(=O)CC[C@H](NC(=O)[C@H](CCC(=O)O)NC(=O)CC[C@H](N)C(=O)O)C(=O)O. The van der Waals surface area contributed by atoms with Crippen molar-refractivity contribution >= 4 is 35.6 Å². The maximum atomic E-state index is 12.3. The summed E-state index contributed by atoms with van der Waals surface area (Å²) in [4.78, 5) is 67.5. The highest BCUT2D eigenvalue weighted by atomic mass is 16.4. The Kier molecular flexibility index (Phi) is 10.8. The second-order valence-electron chi connectivity index (χ2n) is 5.94. The smallest absolute Gasteiger partial charge is 0.326 e. The van der Waals surface area contributed by atoms with Crippen molar-refractivity contribution in [3.8, 4) is 0 Å². The molecule has 0 aromatic carbocycles. The molecule has 0 aliphatic carbocycles. The lowest BCUT2D eigenvalue weighted by Crippen LogP contribution is -2.52. The summed E-state index contributed by atoms with van der Waals surface area (Å²) in [7, 11) is 0. The summed E-state index contributed by atoms with van der Waals surface area (Å²) in [6.07, 6.45) is -1.98. The lowest BCUT2D eigenvalue weighted by atomic mass is 10.1. The lowest BCUT2D eigenvalue weighted by molar-refractivity contribution is -0.143. The Morgan fingerprint density at radius 1 is 0.750 bits per heavy atom. The molecule has 0 rings (SSSR count). The average molecular weight is 404 g/mol. The number of amides is 3. The first-order chi connectivity index (χ1) is 12.9. The first-order valence-electron chi connectivity index (χ1n) is 8.25. The fourth-order valence-electron chi connectivity index (χ4n) is 2.03. The van der Waals surface area contributed by atoms with Gasteiger partial charge in [-0.25, -0.2) is 4.79 Å². The number of nitrogens with two attached hydrogens (primary N) is 2. The zero-order chi connectivity index (χ0) is 21.9. The van der Waals surface area contributed by atoms with Gasteiger partial charge in [-0.15, -0.1) is 0 Å². The largest absolute Gasteiger partial charge is 0.481 e. The summed E-state index contributed by atoms with van der Waals surface area (Å²) < 4.78 is 0. The molecule has 28 heavy (non-hydrogen) atoms. The van der Waals surface area contributed by atoms with Crippen LogP contribution in [-0.2, 0) is 28.8 Å². The maximum absolute atomic E-state index is 12.3. The van der Waals surface area contributed by atoms with Crippen molar-refractivity contribution in [1.82, 2.24) is 10.6 Å². The molecular weight excluding hydrogens is 380 g/mol. The molecule has 0 heterocycles. The fraction of sp³-hybridized carbons (Fsp3) is 0.600. The minimum absolute atomic E-state index is 0.217. The number of hydrogen-bond acceptors (Lipinski definition) is 7. The number of hydrogen-bond donors (Lipinski definition) is 7. The van der Waals surface area contributed by atoms with Crippen LogP contribution in [0.2, 0.25) is 0 Å². The molecule has 0 aliphatic heterocycles. The Balaban J connectivity index is 4.99. The third-order valence-corrected chi connectivity index (χ3v) is 3.59. The minimum Gasteiger partial charge on any atom is -0.481 e. The number of primary amides is 1. The summed E-state index contributed by atoms with van der Waals surface area (Å²) >= 11 is 0. The molecule has 0 aromatic heterocycles. The molecule has 0 aromatic rings. The van der Waals surface area contributed by atoms with Gasteiger partial charge in [0.1, 0.15) is 18.1 Å². The summed E-state index contributed by atoms with van der Waals surface area (Å²) in [5.74, 6) is -6.49. The van der Waals surface area contributed by atoms with Crippen LogP contribution in [0.25, 0.3) is 0 Å². The fourth-order valence-corrected chi connectivity index (χ4v) is 2.03. The molecule has 0 saturated heterocycles. The minimum atomic E-state index is -1.47. The van der Waals surface area contributed by atoms with E-state index in [0.717, 1.165) is 0 Å². The molecule has 13 nitrogen and oxygen atoms in total. The van der Waals surface area contributed by atoms with Gasteiger partial charge in [0, 0.05) is 19.3 Å². The molecule has 0 bridgehead atoms. The monoisotopic (exact) mass is 404 g/mol. The van der Waals surface area contributed by atoms with E-state index < -0.39 is 60.2 Å². The Hall–Kier alpha value is -3.22. The molecule has 13 heteroatoms. The number of rotatable bonds is 14. The predicted octanol–water partition coefficient (Wildman–Crippen LogP) is -2.64. The lowest BCUT2D eigenvalue weighted by Gasteiger charge is -2.21. The highest BCUT2D eigenvalue weighted by Gasteiger charge is 2.27. The van der Waals surface area contributed by atoms with E-state index >= 15 is 0 Å². The second-order valence-corrected chi connectivity index (χ2v) is 5.94. The first-order valence-corrected chi connectivity index (χ1v) is 8.25. The standard InChI is InChI=1S/C15H24N4O9/c16-7(14(25)26)1-5-11(21)18-8(3-6-12(22)23)13(24)19-9(15(27)28)2-4-10(17)20/h7-9H,1-6,16H2,(H2,17,20)(H,18,21)(H,19,24)(H,22,23)(H,25,26)(H,27,28)/t7-,8-,9-/m0/s1. The van der Waals surface area contributed by atoms with Crippen molar-refractivity contribution in [3.05, 3.63) is 0 Å². The van der Waals surface area contributed by atoms with Gasteiger partial charge >= 0.3 is 17.9 Å². The highest BCUT2D eigenvalue weighted by Crippen LogP contribution is 2.04. The van der Waals surface area contributed by atoms with E-state index in [4.69, 9.17) is 26.8 Å². The molecule has 0 radical (unpaired) electrons. The quantitative estimate of drug-likeness (QED) is 0.159. The van der Waals surface area contributed by atoms with Gasteiger partial charge in [0.15, 0.2) is 0 Å². The van der Waals surface area contributed by atoms with Crippen LogP contribution < -0.4 is 22.1 Å². The number of carbonyl (C=O) groups is 6. The summed E-state index contributed by atoms with van der Waals surface area (Å²) in [6, 6.07) is -4.13. The number of carbonyl (C=O) groups excluding carboxylic acids is 3. The molecular formula is C15H24N4O9. The summed E-state index contributed by atoms with van der Waals surface area (Å²) in [5, 5.41) is 30.9.